The lowest BCUT2D eigenvalue weighted by Crippen LogP contribution is -2.68. The van der Waals surface area contributed by atoms with Gasteiger partial charge in [-0.3, -0.25) is 4.79 Å². The molecule has 2 saturated heterocycles. The molecule has 0 aromatic rings. The maximum absolute atomic E-state index is 14.6. The third-order valence-corrected chi connectivity index (χ3v) is 17.5. The number of carbonyl (C=O) groups excluding carboxylic acids is 1. The van der Waals surface area contributed by atoms with Gasteiger partial charge in [0.05, 0.1) is 30.8 Å². The first kappa shape index (κ1) is 44.3. The average Bonchev–Trinajstić information content (AvgIpc) is 3.17. The quantitative estimate of drug-likeness (QED) is 0.0943. The molecule has 16 nitrogen and oxygen atoms in total. The van der Waals surface area contributed by atoms with E-state index < -0.39 is 120 Å². The lowest BCUT2D eigenvalue weighted by Gasteiger charge is -2.71. The van der Waals surface area contributed by atoms with Gasteiger partial charge >= 0.3 is 11.9 Å². The first-order valence-corrected chi connectivity index (χ1v) is 21.1. The van der Waals surface area contributed by atoms with Gasteiger partial charge in [-0.25, -0.2) is 4.79 Å². The van der Waals surface area contributed by atoms with E-state index in [1.165, 1.54) is 0 Å². The third kappa shape index (κ3) is 6.21. The number of carboxylic acids is 1. The molecule has 0 bridgehead atoms. The summed E-state index contributed by atoms with van der Waals surface area (Å²) in [5, 5.41) is 106. The van der Waals surface area contributed by atoms with Gasteiger partial charge in [-0.05, 0) is 91.3 Å². The van der Waals surface area contributed by atoms with E-state index in [4.69, 9.17) is 18.9 Å². The Balaban J connectivity index is 1.19. The van der Waals surface area contributed by atoms with Gasteiger partial charge in [-0.2, -0.15) is 0 Å². The predicted molar refractivity (Wildman–Crippen MR) is 201 cm³/mol. The average molecular weight is 827 g/mol. The molecule has 0 radical (unpaired) electrons. The molecule has 0 aromatic carbocycles. The molecular weight excluding hydrogens is 760 g/mol. The number of carbonyl (C=O) groups is 2. The molecule has 4 saturated carbocycles. The number of aliphatic hydroxyl groups is 9. The normalized spacial score (nSPS) is 53.8. The maximum Gasteiger partial charge on any atom is 0.335 e. The fourth-order valence-corrected chi connectivity index (χ4v) is 13.5. The maximum atomic E-state index is 14.6. The number of rotatable bonds is 7. The standard InChI is InChI=1S/C42H66O16/c1-37(2)13-15-42(36(54)58-34-29(49)26(46)25(45)20(17-43)55-34)16-14-40(5)19(24(42)32(37)51)7-8-22-38(3)11-10-23(39(4,18-44)21(38)9-12-41(22,40)6)56-35-30(50)27(47)28(48)31(57-35)33(52)53/h7,20-32,34-35,43-51H,8-18H2,1-6H3,(H,52,53)/t20-,21-,22-,23+,24-,25-,26+,27+,28+,29-,30-,31+,32+,34+,35-,38+,39-,40-,41-,42+/m1/s1. The molecule has 2 heterocycles. The van der Waals surface area contributed by atoms with E-state index in [9.17, 15) is 60.7 Å². The van der Waals surface area contributed by atoms with Crippen LogP contribution in [0, 0.1) is 50.2 Å². The van der Waals surface area contributed by atoms with Crippen LogP contribution < -0.4 is 0 Å². The van der Waals surface area contributed by atoms with Gasteiger partial charge in [-0.1, -0.05) is 53.2 Å². The van der Waals surface area contributed by atoms with Crippen molar-refractivity contribution in [2.24, 2.45) is 50.2 Å². The van der Waals surface area contributed by atoms with Crippen LogP contribution in [0.1, 0.15) is 99.3 Å². The number of aliphatic carboxylic acids is 1. The van der Waals surface area contributed by atoms with E-state index in [-0.39, 0.29) is 29.3 Å². The van der Waals surface area contributed by atoms with E-state index in [1.54, 1.807) is 0 Å². The highest BCUT2D eigenvalue weighted by Crippen LogP contribution is 2.76. The fraction of sp³-hybridized carbons (Fsp3) is 0.905. The number of fused-ring (bicyclic) bond motifs is 7. The van der Waals surface area contributed by atoms with Crippen LogP contribution in [-0.4, -0.2) is 150 Å². The lowest BCUT2D eigenvalue weighted by molar-refractivity contribution is -0.327. The van der Waals surface area contributed by atoms with Crippen molar-refractivity contribution >= 4 is 11.9 Å². The van der Waals surface area contributed by atoms with Gasteiger partial charge in [0.15, 0.2) is 12.4 Å². The van der Waals surface area contributed by atoms with E-state index >= 15 is 0 Å². The monoisotopic (exact) mass is 826 g/mol. The van der Waals surface area contributed by atoms with Crippen LogP contribution in [-0.2, 0) is 28.5 Å². The molecule has 0 unspecified atom stereocenters. The van der Waals surface area contributed by atoms with Crippen LogP contribution in [0.25, 0.3) is 0 Å². The smallest absolute Gasteiger partial charge is 0.335 e. The Morgan fingerprint density at radius 3 is 2.02 bits per heavy atom. The number of ether oxygens (including phenoxy) is 4. The minimum Gasteiger partial charge on any atom is -0.479 e. The van der Waals surface area contributed by atoms with Crippen LogP contribution in [0.4, 0.5) is 0 Å². The largest absolute Gasteiger partial charge is 0.479 e. The Kier molecular flexibility index (Phi) is 11.4. The van der Waals surface area contributed by atoms with Crippen molar-refractivity contribution in [3.05, 3.63) is 11.6 Å². The Morgan fingerprint density at radius 2 is 1.38 bits per heavy atom. The summed E-state index contributed by atoms with van der Waals surface area (Å²) in [6, 6.07) is 0. The van der Waals surface area contributed by atoms with Crippen molar-refractivity contribution in [3.8, 4) is 0 Å². The first-order valence-electron chi connectivity index (χ1n) is 21.1. The minimum atomic E-state index is -1.85. The summed E-state index contributed by atoms with van der Waals surface area (Å²) in [7, 11) is 0. The molecule has 0 aromatic heterocycles. The van der Waals surface area contributed by atoms with Crippen LogP contribution in [0.3, 0.4) is 0 Å². The zero-order valence-corrected chi connectivity index (χ0v) is 34.4. The SMILES string of the molecule is CC1(C)CC[C@]2(C(=O)O[C@@H]3O[C@H](CO)[C@@H](O)[C@H](O)[C@H]3O)CC[C@]3(C)C(=CC[C@@H]4[C@@]5(C)CC[C@H](O[C@@H]6O[C@H](C(=O)O)[C@@H](O)[C@H](O)[C@H]6O)[C@](C)(CO)[C@@H]5CC[C@]43C)[C@@H]2[C@@H]1O. The lowest BCUT2D eigenvalue weighted by atomic mass is 9.33. The Bertz CT molecular complexity index is 1620. The summed E-state index contributed by atoms with van der Waals surface area (Å²) < 4.78 is 23.3. The van der Waals surface area contributed by atoms with Gasteiger partial charge in [0.25, 0.3) is 0 Å². The summed E-state index contributed by atoms with van der Waals surface area (Å²) >= 11 is 0. The molecule has 10 N–H and O–H groups in total. The molecule has 0 amide bonds. The van der Waals surface area contributed by atoms with E-state index in [1.807, 2.05) is 20.8 Å². The number of hydrogen-bond acceptors (Lipinski definition) is 15. The molecule has 7 aliphatic rings. The van der Waals surface area contributed by atoms with Crippen LogP contribution in [0.15, 0.2) is 11.6 Å². The summed E-state index contributed by atoms with van der Waals surface area (Å²) in [6.45, 7) is 11.8. The molecule has 6 fully saturated rings. The highest BCUT2D eigenvalue weighted by molar-refractivity contribution is 5.79. The van der Waals surface area contributed by atoms with Crippen LogP contribution in [0.2, 0.25) is 0 Å². The number of carboxylic acid groups (broad SMARTS) is 1. The predicted octanol–water partition coefficient (Wildman–Crippen LogP) is 0.352. The molecule has 58 heavy (non-hydrogen) atoms. The second-order valence-corrected chi connectivity index (χ2v) is 20.5. The highest BCUT2D eigenvalue weighted by Gasteiger charge is 2.71. The molecule has 16 heteroatoms. The van der Waals surface area contributed by atoms with Crippen LogP contribution >= 0.6 is 0 Å². The topological polar surface area (TPSA) is 273 Å². The zero-order valence-electron chi connectivity index (χ0n) is 34.4. The molecule has 2 aliphatic heterocycles. The van der Waals surface area contributed by atoms with Gasteiger partial charge in [0.1, 0.15) is 42.7 Å². The number of hydrogen-bond donors (Lipinski definition) is 10. The fourth-order valence-electron chi connectivity index (χ4n) is 13.5. The van der Waals surface area contributed by atoms with Crippen molar-refractivity contribution in [1.82, 2.24) is 0 Å². The van der Waals surface area contributed by atoms with Crippen molar-refractivity contribution in [1.29, 1.82) is 0 Å². The van der Waals surface area contributed by atoms with Crippen molar-refractivity contribution in [2.75, 3.05) is 13.2 Å². The van der Waals surface area contributed by atoms with E-state index in [0.717, 1.165) is 12.0 Å². The van der Waals surface area contributed by atoms with E-state index in [0.29, 0.717) is 51.4 Å². The van der Waals surface area contributed by atoms with Gasteiger partial charge in [0.2, 0.25) is 6.29 Å². The van der Waals surface area contributed by atoms with Gasteiger partial charge in [0, 0.05) is 11.3 Å². The van der Waals surface area contributed by atoms with Gasteiger partial charge < -0.3 is 70.0 Å². The summed E-state index contributed by atoms with van der Waals surface area (Å²) in [6.07, 6.45) is -11.0. The second kappa shape index (κ2) is 14.9. The number of esters is 1. The van der Waals surface area contributed by atoms with Crippen molar-refractivity contribution < 1.29 is 79.6 Å². The van der Waals surface area contributed by atoms with E-state index in [2.05, 4.69) is 26.8 Å². The molecule has 330 valence electrons. The summed E-state index contributed by atoms with van der Waals surface area (Å²) in [5.74, 6) is -2.78. The Labute approximate surface area is 339 Å². The van der Waals surface area contributed by atoms with Crippen molar-refractivity contribution in [2.45, 2.75) is 173 Å². The molecule has 0 spiro atoms. The third-order valence-electron chi connectivity index (χ3n) is 17.5. The first-order chi connectivity index (χ1) is 27.0. The molecule has 20 atom stereocenters. The zero-order chi connectivity index (χ0) is 42.7. The van der Waals surface area contributed by atoms with Crippen LogP contribution in [0.5, 0.6) is 0 Å². The van der Waals surface area contributed by atoms with Gasteiger partial charge in [-0.15, -0.1) is 0 Å². The Hall–Kier alpha value is -1.80. The minimum absolute atomic E-state index is 0.0812. The van der Waals surface area contributed by atoms with Crippen molar-refractivity contribution in [3.63, 3.8) is 0 Å². The summed E-state index contributed by atoms with van der Waals surface area (Å²) in [4.78, 5) is 26.4. The highest BCUT2D eigenvalue weighted by atomic mass is 16.7. The summed E-state index contributed by atoms with van der Waals surface area (Å²) in [5.41, 5.74) is -2.70. The molecular formula is C42H66O16. The number of allylic oxidation sites excluding steroid dienone is 1. The molecule has 5 aliphatic carbocycles. The molecule has 7 rings (SSSR count). The second-order valence-electron chi connectivity index (χ2n) is 20.5. The Morgan fingerprint density at radius 1 is 0.741 bits per heavy atom. The number of aliphatic hydroxyl groups excluding tert-OH is 9.